The van der Waals surface area contributed by atoms with E-state index in [9.17, 15) is 39.4 Å². The third-order valence-electron chi connectivity index (χ3n) is 21.0. The fourth-order valence-electron chi connectivity index (χ4n) is 17.7. The van der Waals surface area contributed by atoms with Gasteiger partial charge < -0.3 is 49.2 Å². The molecule has 0 unspecified atom stereocenters. The van der Waals surface area contributed by atoms with Crippen LogP contribution in [0.1, 0.15) is 132 Å². The molecule has 2 saturated carbocycles. The number of phenols is 2. The third-order valence-corrected chi connectivity index (χ3v) is 21.0. The van der Waals surface area contributed by atoms with Gasteiger partial charge >= 0.3 is 0 Å². The summed E-state index contributed by atoms with van der Waals surface area (Å²) in [6, 6.07) is 13.4. The predicted octanol–water partition coefficient (Wildman–Crippen LogP) is 7.24. The van der Waals surface area contributed by atoms with Crippen LogP contribution < -0.4 is 9.47 Å². The summed E-state index contributed by atoms with van der Waals surface area (Å²) >= 11 is 0. The van der Waals surface area contributed by atoms with E-state index < -0.39 is 46.4 Å². The van der Waals surface area contributed by atoms with Gasteiger partial charge in [0.15, 0.2) is 35.2 Å². The van der Waals surface area contributed by atoms with Gasteiger partial charge in [-0.3, -0.25) is 9.80 Å². The van der Waals surface area contributed by atoms with Crippen LogP contribution in [-0.4, -0.2) is 99.0 Å². The molecule has 6 N–H and O–H groups in total. The zero-order valence-corrected chi connectivity index (χ0v) is 40.0. The van der Waals surface area contributed by atoms with Crippen molar-refractivity contribution in [3.05, 3.63) is 116 Å². The number of aryl methyl sites for hydroxylation is 2. The molecule has 12 aliphatic rings. The Bertz CT molecular complexity index is 3250. The van der Waals surface area contributed by atoms with Crippen molar-refractivity contribution in [3.63, 3.8) is 0 Å². The van der Waals surface area contributed by atoms with Gasteiger partial charge in [0, 0.05) is 84.1 Å². The number of nitrogens with zero attached hydrogens (tertiary/aromatic N) is 4. The van der Waals surface area contributed by atoms with Crippen molar-refractivity contribution >= 4 is 21.8 Å². The van der Waals surface area contributed by atoms with Gasteiger partial charge in [-0.2, -0.15) is 0 Å². The number of aliphatic hydroxyl groups is 4. The van der Waals surface area contributed by atoms with Crippen LogP contribution in [0.15, 0.2) is 48.5 Å². The Morgan fingerprint density at radius 2 is 1.00 bits per heavy atom. The van der Waals surface area contributed by atoms with Crippen LogP contribution in [-0.2, 0) is 49.6 Å². The van der Waals surface area contributed by atoms with Gasteiger partial charge in [0.25, 0.3) is 0 Å². The quantitative estimate of drug-likeness (QED) is 0.107. The molecule has 6 aliphatic heterocycles. The smallest absolute Gasteiger partial charge is 0.166 e. The number of piperidine rings is 2. The van der Waals surface area contributed by atoms with Gasteiger partial charge in [0.2, 0.25) is 0 Å². The van der Waals surface area contributed by atoms with E-state index in [1.54, 1.807) is 24.3 Å². The minimum Gasteiger partial charge on any atom is -0.504 e. The van der Waals surface area contributed by atoms with Crippen LogP contribution in [0.5, 0.6) is 23.0 Å². The summed E-state index contributed by atoms with van der Waals surface area (Å²) in [5.41, 5.74) is 7.65. The fraction of sp³-hybridized carbons (Fsp3) is 0.517. The molecule has 4 fully saturated rings. The number of hydrogen-bond acceptors (Lipinski definition) is 10. The number of rotatable bonds is 4. The first-order valence-corrected chi connectivity index (χ1v) is 26.8. The Balaban J connectivity index is 0.000000120. The van der Waals surface area contributed by atoms with Gasteiger partial charge in [-0.25, -0.2) is 8.78 Å². The van der Waals surface area contributed by atoms with Crippen LogP contribution >= 0.6 is 0 Å². The summed E-state index contributed by atoms with van der Waals surface area (Å²) in [5, 5.41) is 70.8. The number of ether oxygens (including phenoxy) is 2. The number of aliphatic hydroxyl groups excluding tert-OH is 2. The average Bonchev–Trinajstić information content (AvgIpc) is 4.24. The Labute approximate surface area is 414 Å². The lowest BCUT2D eigenvalue weighted by atomic mass is 9.49. The van der Waals surface area contributed by atoms with Crippen LogP contribution in [0.25, 0.3) is 21.8 Å². The zero-order valence-electron chi connectivity index (χ0n) is 40.0. The zero-order chi connectivity index (χ0) is 48.3. The summed E-state index contributed by atoms with van der Waals surface area (Å²) in [4.78, 5) is 5.01. The normalized spacial score (nSPS) is 35.5. The molecule has 8 heterocycles. The van der Waals surface area contributed by atoms with Gasteiger partial charge in [-0.05, 0) is 148 Å². The Hall–Kier alpha value is -5.22. The largest absolute Gasteiger partial charge is 0.504 e. The number of hydrogen-bond donors (Lipinski definition) is 6. The van der Waals surface area contributed by atoms with Crippen molar-refractivity contribution in [1.29, 1.82) is 0 Å². The molecule has 14 heteroatoms. The highest BCUT2D eigenvalue weighted by Crippen LogP contribution is 2.72. The number of halogens is 2. The number of aromatic hydroxyl groups is 2. The lowest BCUT2D eigenvalue weighted by molar-refractivity contribution is -0.173. The lowest BCUT2D eigenvalue weighted by Crippen LogP contribution is -2.74. The minimum absolute atomic E-state index is 0.0590. The minimum atomic E-state index is -1.10. The Kier molecular flexibility index (Phi) is 7.93. The predicted molar refractivity (Wildman–Crippen MR) is 259 cm³/mol. The van der Waals surface area contributed by atoms with Crippen molar-refractivity contribution in [2.24, 2.45) is 11.8 Å². The molecule has 72 heavy (non-hydrogen) atoms. The molecule has 2 saturated heterocycles. The van der Waals surface area contributed by atoms with Crippen molar-refractivity contribution in [3.8, 4) is 23.0 Å². The molecule has 2 aromatic heterocycles. The molecule has 0 amide bonds. The van der Waals surface area contributed by atoms with E-state index in [-0.39, 0.29) is 35.2 Å². The van der Waals surface area contributed by atoms with E-state index in [4.69, 9.17) is 9.47 Å². The third kappa shape index (κ3) is 4.86. The first-order chi connectivity index (χ1) is 34.8. The van der Waals surface area contributed by atoms with E-state index in [0.717, 1.165) is 107 Å². The molecule has 4 bridgehead atoms. The van der Waals surface area contributed by atoms with Crippen LogP contribution in [0.4, 0.5) is 8.78 Å². The highest BCUT2D eigenvalue weighted by Gasteiger charge is 2.75. The van der Waals surface area contributed by atoms with E-state index in [2.05, 4.69) is 18.9 Å². The monoisotopic (exact) mass is 976 g/mol. The number of benzene rings is 4. The summed E-state index contributed by atoms with van der Waals surface area (Å²) in [5.74, 6) is 1.97. The summed E-state index contributed by atoms with van der Waals surface area (Å²) in [6.45, 7) is 5.04. The standard InChI is InChI=1S/2C29H29FN2O4/c2*30-16-10-17-19-12-29(35)22-9-15-3-4-21(34)26-23(15)28(29,6-8-31(22)13-14-1-2-14)27(36-26)25(19)32-7-5-20(33)18(11-16)24(17)32/h2*3-4,10-11,14,20,22,27,33-35H,1-2,5-9,12-13H2/t20-,22+,27-,28-,29+;20-,22-,27+,28+,29-/m01/s1. The molecule has 2 spiro atoms. The van der Waals surface area contributed by atoms with E-state index in [1.165, 1.54) is 48.9 Å². The van der Waals surface area contributed by atoms with Crippen molar-refractivity contribution < 1.29 is 48.9 Å². The molecule has 18 rings (SSSR count). The van der Waals surface area contributed by atoms with Gasteiger partial charge in [0.05, 0.1) is 56.7 Å². The molecular weight excluding hydrogens is 919 g/mol. The van der Waals surface area contributed by atoms with E-state index in [1.807, 2.05) is 12.1 Å². The van der Waals surface area contributed by atoms with E-state index >= 15 is 0 Å². The second kappa shape index (κ2) is 13.5. The van der Waals surface area contributed by atoms with Crippen LogP contribution in [0, 0.1) is 23.5 Å². The maximum absolute atomic E-state index is 14.9. The molecule has 6 aromatic rings. The number of phenolic OH excluding ortho intramolecular Hbond substituents is 2. The maximum Gasteiger partial charge on any atom is 0.166 e. The molecular formula is C58H58F2N4O8. The SMILES string of the molecule is Oc1ccc2c3c1O[C@H]1c4c(c5cc(F)cc6c5n4CC[C@@H]6O)C[C@@]4(O)[C@@H](C2)N(CC2CC2)CC[C@]314.Oc1ccc2c3c1O[C@H]1c4c(c5cc(F)cc6c5n4CC[C@H]6O)C[C@@]4(O)[C@@H](C2)N(CC2CC2)CC[C@]314. The second-order valence-electron chi connectivity index (χ2n) is 24.3. The Morgan fingerprint density at radius 3 is 1.42 bits per heavy atom. The number of aromatic nitrogens is 2. The highest BCUT2D eigenvalue weighted by atomic mass is 19.1. The van der Waals surface area contributed by atoms with Crippen molar-refractivity contribution in [1.82, 2.24) is 18.9 Å². The number of fused-ring (bicyclic) bond motifs is 8. The maximum atomic E-state index is 14.9. The van der Waals surface area contributed by atoms with Crippen LogP contribution in [0.2, 0.25) is 0 Å². The van der Waals surface area contributed by atoms with E-state index in [0.29, 0.717) is 73.2 Å². The van der Waals surface area contributed by atoms with Crippen LogP contribution in [0.3, 0.4) is 0 Å². The molecule has 12 nitrogen and oxygen atoms in total. The summed E-state index contributed by atoms with van der Waals surface area (Å²) in [7, 11) is 0. The molecule has 4 aromatic carbocycles. The summed E-state index contributed by atoms with van der Waals surface area (Å²) in [6.07, 6.45) is 7.52. The number of likely N-dealkylation sites (tertiary alicyclic amines) is 2. The molecule has 10 atom stereocenters. The fourth-order valence-corrected chi connectivity index (χ4v) is 17.7. The van der Waals surface area contributed by atoms with Gasteiger partial charge in [-0.1, -0.05) is 12.1 Å². The average molecular weight is 977 g/mol. The van der Waals surface area contributed by atoms with Crippen molar-refractivity contribution in [2.75, 3.05) is 26.2 Å². The first-order valence-electron chi connectivity index (χ1n) is 26.8. The molecule has 372 valence electrons. The summed E-state index contributed by atoms with van der Waals surface area (Å²) < 4.78 is 47.6. The van der Waals surface area contributed by atoms with Gasteiger partial charge in [-0.15, -0.1) is 0 Å². The second-order valence-corrected chi connectivity index (χ2v) is 24.3. The van der Waals surface area contributed by atoms with Gasteiger partial charge in [0.1, 0.15) is 11.6 Å². The Morgan fingerprint density at radius 1 is 0.569 bits per heavy atom. The highest BCUT2D eigenvalue weighted by molar-refractivity contribution is 5.92. The lowest BCUT2D eigenvalue weighted by Gasteiger charge is -2.63. The topological polar surface area (TPSA) is 156 Å². The van der Waals surface area contributed by atoms with Crippen molar-refractivity contribution in [2.45, 2.75) is 149 Å². The molecule has 0 radical (unpaired) electrons. The first kappa shape index (κ1) is 42.2. The molecule has 6 aliphatic carbocycles.